The van der Waals surface area contributed by atoms with Gasteiger partial charge in [-0.2, -0.15) is 0 Å². The van der Waals surface area contributed by atoms with Crippen LogP contribution in [0.1, 0.15) is 45.1 Å². The molecule has 0 heterocycles. The highest BCUT2D eigenvalue weighted by molar-refractivity contribution is 5.53. The van der Waals surface area contributed by atoms with Crippen molar-refractivity contribution >= 4 is 6.08 Å². The van der Waals surface area contributed by atoms with Crippen molar-refractivity contribution in [2.75, 3.05) is 0 Å². The van der Waals surface area contributed by atoms with Gasteiger partial charge in [0.1, 0.15) is 0 Å². The Morgan fingerprint density at radius 3 is 2.53 bits per heavy atom. The zero-order valence-electron chi connectivity index (χ0n) is 9.79. The quantitative estimate of drug-likeness (QED) is 0.618. The molecule has 0 bridgehead atoms. The first kappa shape index (κ1) is 10.5. The Morgan fingerprint density at radius 2 is 1.87 bits per heavy atom. The molecule has 1 aromatic carbocycles. The second-order valence-electron chi connectivity index (χ2n) is 5.41. The van der Waals surface area contributed by atoms with Gasteiger partial charge in [0.2, 0.25) is 0 Å². The first-order valence-corrected chi connectivity index (χ1v) is 5.90. The average Bonchev–Trinajstić information content (AvgIpc) is 2.17. The molecule has 0 aromatic heterocycles. The van der Waals surface area contributed by atoms with Gasteiger partial charge in [-0.05, 0) is 36.7 Å². The predicted molar refractivity (Wildman–Crippen MR) is 66.7 cm³/mol. The molecule has 0 spiro atoms. The molecule has 0 radical (unpaired) electrons. The third kappa shape index (κ3) is 2.95. The van der Waals surface area contributed by atoms with Crippen LogP contribution in [0.3, 0.4) is 0 Å². The fourth-order valence-electron chi connectivity index (χ4n) is 2.49. The lowest BCUT2D eigenvalue weighted by molar-refractivity contribution is 0.290. The lowest BCUT2D eigenvalue weighted by Crippen LogP contribution is -2.16. The van der Waals surface area contributed by atoms with E-state index in [2.05, 4.69) is 50.3 Å². The van der Waals surface area contributed by atoms with Gasteiger partial charge >= 0.3 is 0 Å². The highest BCUT2D eigenvalue weighted by Gasteiger charge is 2.23. The molecule has 2 rings (SSSR count). The van der Waals surface area contributed by atoms with Gasteiger partial charge < -0.3 is 0 Å². The van der Waals surface area contributed by atoms with Crippen molar-refractivity contribution in [2.45, 2.75) is 39.5 Å². The second kappa shape index (κ2) is 4.22. The maximum atomic E-state index is 2.38. The topological polar surface area (TPSA) is 0 Å². The minimum absolute atomic E-state index is 0.513. The van der Waals surface area contributed by atoms with E-state index in [1.807, 2.05) is 0 Å². The second-order valence-corrected chi connectivity index (χ2v) is 5.41. The summed E-state index contributed by atoms with van der Waals surface area (Å²) < 4.78 is 0. The maximum absolute atomic E-state index is 2.38. The summed E-state index contributed by atoms with van der Waals surface area (Å²) in [7, 11) is 0. The molecule has 0 unspecified atom stereocenters. The molecule has 1 aliphatic rings. The molecule has 0 amide bonds. The molecule has 1 saturated carbocycles. The Hall–Kier alpha value is -1.04. The van der Waals surface area contributed by atoms with Crippen LogP contribution in [0.2, 0.25) is 0 Å². The van der Waals surface area contributed by atoms with Crippen LogP contribution < -0.4 is 0 Å². The zero-order valence-corrected chi connectivity index (χ0v) is 9.79. The summed E-state index contributed by atoms with van der Waals surface area (Å²) in [5, 5.41) is 0. The zero-order chi connectivity index (χ0) is 10.7. The van der Waals surface area contributed by atoms with Gasteiger partial charge in [-0.15, -0.1) is 0 Å². The largest absolute Gasteiger partial charge is 0.0691 e. The minimum atomic E-state index is 0.513. The van der Waals surface area contributed by atoms with Gasteiger partial charge in [0.25, 0.3) is 0 Å². The van der Waals surface area contributed by atoms with Crippen molar-refractivity contribution in [3.63, 3.8) is 0 Å². The Kier molecular flexibility index (Phi) is 2.95. The van der Waals surface area contributed by atoms with E-state index in [0.717, 1.165) is 0 Å². The average molecular weight is 200 g/mol. The lowest BCUT2D eigenvalue weighted by atomic mass is 9.75. The van der Waals surface area contributed by atoms with E-state index in [0.29, 0.717) is 5.41 Å². The third-order valence-electron chi connectivity index (χ3n) is 3.23. The summed E-state index contributed by atoms with van der Waals surface area (Å²) in [4.78, 5) is 0. The predicted octanol–water partition coefficient (Wildman–Crippen LogP) is 4.67. The molecular formula is C15H20. The highest BCUT2D eigenvalue weighted by atomic mass is 14.3. The first-order valence-electron chi connectivity index (χ1n) is 5.90. The van der Waals surface area contributed by atoms with Gasteiger partial charge in [-0.1, -0.05) is 55.8 Å². The highest BCUT2D eigenvalue weighted by Crippen LogP contribution is 2.38. The summed E-state index contributed by atoms with van der Waals surface area (Å²) >= 11 is 0. The van der Waals surface area contributed by atoms with Crippen LogP contribution in [0.15, 0.2) is 35.9 Å². The summed E-state index contributed by atoms with van der Waals surface area (Å²) in [6, 6.07) is 10.7. The number of rotatable bonds is 1. The van der Waals surface area contributed by atoms with Gasteiger partial charge in [-0.25, -0.2) is 0 Å². The molecule has 0 heteroatoms. The fraction of sp³-hybridized carbons (Fsp3) is 0.467. The van der Waals surface area contributed by atoms with E-state index in [4.69, 9.17) is 0 Å². The molecule has 0 nitrogen and oxygen atoms in total. The number of allylic oxidation sites excluding steroid dienone is 1. The molecule has 0 aliphatic heterocycles. The summed E-state index contributed by atoms with van der Waals surface area (Å²) in [6.07, 6.45) is 7.66. The van der Waals surface area contributed by atoms with E-state index >= 15 is 0 Å². The Balaban J connectivity index is 2.14. The van der Waals surface area contributed by atoms with E-state index in [1.165, 1.54) is 31.2 Å². The standard InChI is InChI=1S/C15H20/c1-15(2)10-6-9-14(12-15)11-13-7-4-3-5-8-13/h3-5,7-8,11H,6,9-10,12H2,1-2H3/b14-11+. The van der Waals surface area contributed by atoms with E-state index in [-0.39, 0.29) is 0 Å². The maximum Gasteiger partial charge on any atom is -0.0257 e. The lowest BCUT2D eigenvalue weighted by Gasteiger charge is -2.31. The van der Waals surface area contributed by atoms with Gasteiger partial charge in [0, 0.05) is 0 Å². The monoisotopic (exact) mass is 200 g/mol. The van der Waals surface area contributed by atoms with Gasteiger partial charge in [0.05, 0.1) is 0 Å². The Morgan fingerprint density at radius 1 is 1.13 bits per heavy atom. The molecule has 0 N–H and O–H groups in total. The van der Waals surface area contributed by atoms with Crippen LogP contribution in [0, 0.1) is 5.41 Å². The number of benzene rings is 1. The number of hydrogen-bond acceptors (Lipinski definition) is 0. The molecule has 1 aromatic rings. The molecule has 80 valence electrons. The van der Waals surface area contributed by atoms with Crippen LogP contribution in [-0.4, -0.2) is 0 Å². The number of hydrogen-bond donors (Lipinski definition) is 0. The summed E-state index contributed by atoms with van der Waals surface area (Å²) in [5.74, 6) is 0. The van der Waals surface area contributed by atoms with Crippen LogP contribution in [0.5, 0.6) is 0 Å². The minimum Gasteiger partial charge on any atom is -0.0691 e. The first-order chi connectivity index (χ1) is 7.16. The molecule has 0 saturated heterocycles. The summed E-state index contributed by atoms with van der Waals surface area (Å²) in [6.45, 7) is 4.76. The summed E-state index contributed by atoms with van der Waals surface area (Å²) in [5.41, 5.74) is 3.49. The fourth-order valence-corrected chi connectivity index (χ4v) is 2.49. The molecule has 0 atom stereocenters. The Labute approximate surface area is 93.0 Å². The van der Waals surface area contributed by atoms with E-state index in [9.17, 15) is 0 Å². The molecule has 1 aliphatic carbocycles. The van der Waals surface area contributed by atoms with Crippen LogP contribution in [0.4, 0.5) is 0 Å². The van der Waals surface area contributed by atoms with E-state index < -0.39 is 0 Å². The normalized spacial score (nSPS) is 22.9. The van der Waals surface area contributed by atoms with Crippen LogP contribution in [-0.2, 0) is 0 Å². The van der Waals surface area contributed by atoms with Crippen molar-refractivity contribution in [1.82, 2.24) is 0 Å². The van der Waals surface area contributed by atoms with Crippen LogP contribution >= 0.6 is 0 Å². The van der Waals surface area contributed by atoms with Crippen molar-refractivity contribution < 1.29 is 0 Å². The van der Waals surface area contributed by atoms with Crippen molar-refractivity contribution in [2.24, 2.45) is 5.41 Å². The van der Waals surface area contributed by atoms with Crippen molar-refractivity contribution in [1.29, 1.82) is 0 Å². The van der Waals surface area contributed by atoms with Crippen LogP contribution in [0.25, 0.3) is 6.08 Å². The van der Waals surface area contributed by atoms with Gasteiger partial charge in [-0.3, -0.25) is 0 Å². The smallest absolute Gasteiger partial charge is 0.0257 e. The third-order valence-corrected chi connectivity index (χ3v) is 3.23. The Bertz CT molecular complexity index is 344. The van der Waals surface area contributed by atoms with Crippen molar-refractivity contribution in [3.8, 4) is 0 Å². The van der Waals surface area contributed by atoms with E-state index in [1.54, 1.807) is 5.57 Å². The van der Waals surface area contributed by atoms with Crippen molar-refractivity contribution in [3.05, 3.63) is 41.5 Å². The molecule has 15 heavy (non-hydrogen) atoms. The molecule has 1 fully saturated rings. The SMILES string of the molecule is CC1(C)CCC/C(=C\c2ccccc2)C1. The van der Waals surface area contributed by atoms with Gasteiger partial charge in [0.15, 0.2) is 0 Å². The molecular weight excluding hydrogens is 180 g/mol.